The first-order chi connectivity index (χ1) is 11.8. The number of nitrogens with zero attached hydrogens (tertiary/aromatic N) is 1. The predicted molar refractivity (Wildman–Crippen MR) is 99.3 cm³/mol. The molecule has 0 heterocycles. The minimum Gasteiger partial charge on any atom is -0.387 e. The van der Waals surface area contributed by atoms with E-state index in [4.69, 9.17) is 0 Å². The van der Waals surface area contributed by atoms with Gasteiger partial charge in [-0.05, 0) is 37.0 Å². The molecule has 0 aromatic heterocycles. The molecule has 0 bridgehead atoms. The average molecular weight is 456 g/mol. The molecule has 8 heteroatoms. The van der Waals surface area contributed by atoms with Crippen molar-refractivity contribution in [3.05, 3.63) is 48.9 Å². The van der Waals surface area contributed by atoms with E-state index in [2.05, 4.69) is 12.3 Å². The smallest absolute Gasteiger partial charge is 0.245 e. The molecule has 1 atom stereocenters. The fourth-order valence-electron chi connectivity index (χ4n) is 2.77. The minimum atomic E-state index is -3.50. The molecule has 6 nitrogen and oxygen atoms in total. The first-order valence-electron chi connectivity index (χ1n) is 8.46. The molecule has 1 radical (unpaired) electrons. The van der Waals surface area contributed by atoms with E-state index < -0.39 is 21.7 Å². The summed E-state index contributed by atoms with van der Waals surface area (Å²) in [5, 5.41) is 20.5. The van der Waals surface area contributed by atoms with Crippen molar-refractivity contribution in [1.82, 2.24) is 5.43 Å². The number of anilines is 1. The summed E-state index contributed by atoms with van der Waals surface area (Å²) in [6.07, 6.45) is 7.66. The third-order valence-electron chi connectivity index (χ3n) is 4.39. The molecular formula is C18H27N2O4SY-. The quantitative estimate of drug-likeness (QED) is 0.301. The molecule has 0 spiro atoms. The number of aliphatic hydroxyl groups excluding tert-OH is 1. The second-order valence-corrected chi connectivity index (χ2v) is 8.29. The molecule has 1 saturated carbocycles. The van der Waals surface area contributed by atoms with Crippen LogP contribution in [0.3, 0.4) is 0 Å². The van der Waals surface area contributed by atoms with Crippen molar-refractivity contribution in [3.8, 4) is 0 Å². The molecule has 143 valence electrons. The number of hydrogen-bond donors (Lipinski definition) is 3. The van der Waals surface area contributed by atoms with Gasteiger partial charge in [-0.1, -0.05) is 30.7 Å². The third-order valence-corrected chi connectivity index (χ3v) is 5.40. The fraction of sp³-hybridized carbons (Fsp3) is 0.500. The van der Waals surface area contributed by atoms with Crippen molar-refractivity contribution in [1.29, 1.82) is 0 Å². The van der Waals surface area contributed by atoms with Gasteiger partial charge in [-0.25, -0.2) is 18.3 Å². The maximum atomic E-state index is 12.0. The van der Waals surface area contributed by atoms with Crippen molar-refractivity contribution < 1.29 is 51.3 Å². The molecule has 0 aliphatic heterocycles. The summed E-state index contributed by atoms with van der Waals surface area (Å²) in [6, 6.07) is 6.53. The van der Waals surface area contributed by atoms with E-state index in [-0.39, 0.29) is 32.7 Å². The van der Waals surface area contributed by atoms with Crippen molar-refractivity contribution in [2.75, 3.05) is 17.2 Å². The molecule has 1 aliphatic carbocycles. The van der Waals surface area contributed by atoms with Crippen LogP contribution in [0.4, 0.5) is 5.69 Å². The summed E-state index contributed by atoms with van der Waals surface area (Å²) in [7, 11) is -3.50. The largest absolute Gasteiger partial charge is 0.387 e. The number of allylic oxidation sites excluding steroid dienone is 1. The Labute approximate surface area is 181 Å². The Morgan fingerprint density at radius 1 is 1.31 bits per heavy atom. The van der Waals surface area contributed by atoms with Gasteiger partial charge in [0.15, 0.2) is 0 Å². The second-order valence-electron chi connectivity index (χ2n) is 6.45. The van der Waals surface area contributed by atoms with Gasteiger partial charge in [0.1, 0.15) is 6.10 Å². The van der Waals surface area contributed by atoms with Crippen LogP contribution in [0.15, 0.2) is 36.4 Å². The van der Waals surface area contributed by atoms with Gasteiger partial charge in [0, 0.05) is 39.3 Å². The van der Waals surface area contributed by atoms with Crippen LogP contribution in [0.1, 0.15) is 43.8 Å². The van der Waals surface area contributed by atoms with Gasteiger partial charge in [-0.3, -0.25) is 0 Å². The predicted octanol–water partition coefficient (Wildman–Crippen LogP) is 2.07. The van der Waals surface area contributed by atoms with Crippen LogP contribution in [0.25, 0.3) is 0 Å². The molecular weight excluding hydrogens is 429 g/mol. The van der Waals surface area contributed by atoms with E-state index in [0.717, 1.165) is 29.9 Å². The Morgan fingerprint density at radius 3 is 2.38 bits per heavy atom. The van der Waals surface area contributed by atoms with Crippen LogP contribution in [-0.2, 0) is 42.7 Å². The zero-order valence-electron chi connectivity index (χ0n) is 15.1. The topological polar surface area (TPSA) is 89.9 Å². The van der Waals surface area contributed by atoms with Gasteiger partial charge in [-0.2, -0.15) is 6.42 Å². The van der Waals surface area contributed by atoms with E-state index in [1.165, 1.54) is 0 Å². The molecule has 1 unspecified atom stereocenters. The molecule has 1 aromatic carbocycles. The molecule has 0 amide bonds. The number of nitrogens with one attached hydrogen (secondary N) is 1. The number of hydrogen-bond acceptors (Lipinski definition) is 5. The van der Waals surface area contributed by atoms with Gasteiger partial charge >= 0.3 is 0 Å². The van der Waals surface area contributed by atoms with Gasteiger partial charge in [-0.15, -0.1) is 0 Å². The third kappa shape index (κ3) is 6.11. The average Bonchev–Trinajstić information content (AvgIpc) is 2.54. The molecule has 1 aliphatic rings. The van der Waals surface area contributed by atoms with E-state index in [1.54, 1.807) is 24.3 Å². The summed E-state index contributed by atoms with van der Waals surface area (Å²) in [5.74, 6) is 0. The Kier molecular flexibility index (Phi) is 9.40. The van der Waals surface area contributed by atoms with Crippen LogP contribution in [0.5, 0.6) is 0 Å². The van der Waals surface area contributed by atoms with Crippen molar-refractivity contribution >= 4 is 15.7 Å². The summed E-state index contributed by atoms with van der Waals surface area (Å²) in [6.45, 7) is 4.11. The van der Waals surface area contributed by atoms with Crippen molar-refractivity contribution in [2.45, 2.75) is 43.8 Å². The standard InChI is InChI=1S/C18H27N2O4S.Y/c1-3-4-5-6-14-19-20(25(2,23)24)16-10-8-15(9-11-16)17(21)18(22)12-7-13-18;/h5-6,8-11,17,19,21-22H,1,3-4,7,12-14H2,2H3;/q-1;/b6-5-;. The molecule has 0 saturated heterocycles. The normalized spacial score (nSPS) is 17.4. The molecule has 2 rings (SSSR count). The van der Waals surface area contributed by atoms with Crippen LogP contribution in [-0.4, -0.2) is 37.0 Å². The number of rotatable bonds is 9. The monoisotopic (exact) mass is 456 g/mol. The number of hydrazine groups is 1. The Balaban J connectivity index is 0.00000338. The Hall–Kier alpha value is -0.306. The SMILES string of the molecule is [CH2-]CC/C=C\CNN(c1ccc(C(O)C2(O)CCC2)cc1)S(C)(=O)=O.[Y]. The second kappa shape index (κ2) is 10.3. The Morgan fingerprint density at radius 2 is 1.92 bits per heavy atom. The number of benzene rings is 1. The zero-order valence-corrected chi connectivity index (χ0v) is 18.8. The van der Waals surface area contributed by atoms with Gasteiger partial charge in [0.05, 0.1) is 17.5 Å². The van der Waals surface area contributed by atoms with Gasteiger partial charge in [0.25, 0.3) is 0 Å². The molecule has 1 aromatic rings. The van der Waals surface area contributed by atoms with E-state index >= 15 is 0 Å². The zero-order chi connectivity index (χ0) is 18.5. The van der Waals surface area contributed by atoms with E-state index in [0.29, 0.717) is 30.6 Å². The fourth-order valence-corrected chi connectivity index (χ4v) is 3.58. The van der Waals surface area contributed by atoms with Crippen LogP contribution in [0.2, 0.25) is 0 Å². The molecule has 26 heavy (non-hydrogen) atoms. The summed E-state index contributed by atoms with van der Waals surface area (Å²) in [5.41, 5.74) is 2.83. The van der Waals surface area contributed by atoms with Crippen LogP contribution < -0.4 is 9.84 Å². The van der Waals surface area contributed by atoms with Gasteiger partial charge < -0.3 is 17.1 Å². The van der Waals surface area contributed by atoms with Crippen molar-refractivity contribution in [2.24, 2.45) is 0 Å². The first-order valence-corrected chi connectivity index (χ1v) is 10.3. The minimum absolute atomic E-state index is 0. The summed E-state index contributed by atoms with van der Waals surface area (Å²) >= 11 is 0. The molecule has 3 N–H and O–H groups in total. The number of unbranched alkanes of at least 4 members (excludes halogenated alkanes) is 1. The van der Waals surface area contributed by atoms with E-state index in [1.807, 2.05) is 12.2 Å². The maximum absolute atomic E-state index is 12.0. The molecule has 1 fully saturated rings. The summed E-state index contributed by atoms with van der Waals surface area (Å²) in [4.78, 5) is 0. The Bertz CT molecular complexity index is 688. The van der Waals surface area contributed by atoms with Crippen molar-refractivity contribution in [3.63, 3.8) is 0 Å². The van der Waals surface area contributed by atoms with Gasteiger partial charge in [0.2, 0.25) is 10.0 Å². The maximum Gasteiger partial charge on any atom is 0.245 e. The van der Waals surface area contributed by atoms with Crippen LogP contribution in [0, 0.1) is 6.92 Å². The van der Waals surface area contributed by atoms with E-state index in [9.17, 15) is 18.6 Å². The number of aliphatic hydroxyl groups is 2. The summed E-state index contributed by atoms with van der Waals surface area (Å²) < 4.78 is 25.2. The first kappa shape index (κ1) is 23.7. The van der Waals surface area contributed by atoms with Crippen LogP contribution >= 0.6 is 0 Å². The number of sulfonamides is 1.